The SMILES string of the molecule is COC(=O)C[C@@H]1C(=O)NCCN1CC(=O)N[C@H]1CCCC[C@@H]1C. The van der Waals surface area contributed by atoms with Crippen molar-refractivity contribution in [1.29, 1.82) is 0 Å². The van der Waals surface area contributed by atoms with Gasteiger partial charge in [0.1, 0.15) is 6.04 Å². The van der Waals surface area contributed by atoms with Gasteiger partial charge in [0.05, 0.1) is 20.1 Å². The molecule has 7 nitrogen and oxygen atoms in total. The summed E-state index contributed by atoms with van der Waals surface area (Å²) in [5.74, 6) is -0.254. The van der Waals surface area contributed by atoms with Crippen LogP contribution in [0, 0.1) is 5.92 Å². The Bertz CT molecular complexity index is 455. The van der Waals surface area contributed by atoms with Gasteiger partial charge in [0.2, 0.25) is 11.8 Å². The monoisotopic (exact) mass is 325 g/mol. The predicted octanol–water partition coefficient (Wildman–Crippen LogP) is 0.0448. The Morgan fingerprint density at radius 3 is 2.78 bits per heavy atom. The standard InChI is InChI=1S/C16H27N3O4/c1-11-5-3-4-6-12(11)18-14(20)10-19-8-7-17-16(22)13(19)9-15(21)23-2/h11-13H,3-10H2,1-2H3,(H,17,22)(H,18,20)/t11-,12-,13+/m0/s1. The van der Waals surface area contributed by atoms with E-state index in [1.165, 1.54) is 13.5 Å². The third kappa shape index (κ3) is 4.92. The second kappa shape index (κ2) is 8.29. The molecule has 2 fully saturated rings. The highest BCUT2D eigenvalue weighted by Gasteiger charge is 2.33. The quantitative estimate of drug-likeness (QED) is 0.697. The molecule has 1 saturated heterocycles. The highest BCUT2D eigenvalue weighted by atomic mass is 16.5. The number of hydrogen-bond donors (Lipinski definition) is 2. The average molecular weight is 325 g/mol. The number of hydrogen-bond acceptors (Lipinski definition) is 5. The van der Waals surface area contributed by atoms with Crippen molar-refractivity contribution in [2.75, 3.05) is 26.7 Å². The maximum absolute atomic E-state index is 12.3. The van der Waals surface area contributed by atoms with Crippen molar-refractivity contribution in [3.8, 4) is 0 Å². The van der Waals surface area contributed by atoms with Crippen LogP contribution >= 0.6 is 0 Å². The van der Waals surface area contributed by atoms with Gasteiger partial charge in [-0.3, -0.25) is 19.3 Å². The maximum atomic E-state index is 12.3. The summed E-state index contributed by atoms with van der Waals surface area (Å²) in [7, 11) is 1.30. The van der Waals surface area contributed by atoms with Gasteiger partial charge in [-0.15, -0.1) is 0 Å². The van der Waals surface area contributed by atoms with Gasteiger partial charge in [-0.25, -0.2) is 0 Å². The number of carbonyl (C=O) groups is 3. The first-order valence-corrected chi connectivity index (χ1v) is 8.39. The molecule has 0 spiro atoms. The minimum atomic E-state index is -0.634. The van der Waals surface area contributed by atoms with Crippen molar-refractivity contribution < 1.29 is 19.1 Å². The van der Waals surface area contributed by atoms with E-state index in [1.54, 1.807) is 4.90 Å². The fraction of sp³-hybridized carbons (Fsp3) is 0.812. The molecule has 7 heteroatoms. The van der Waals surface area contributed by atoms with Crippen LogP contribution in [0.4, 0.5) is 0 Å². The van der Waals surface area contributed by atoms with Crippen LogP contribution in [0.5, 0.6) is 0 Å². The smallest absolute Gasteiger partial charge is 0.307 e. The highest BCUT2D eigenvalue weighted by Crippen LogP contribution is 2.23. The van der Waals surface area contributed by atoms with E-state index in [0.717, 1.165) is 19.3 Å². The normalized spacial score (nSPS) is 28.8. The summed E-state index contributed by atoms with van der Waals surface area (Å²) < 4.78 is 4.64. The van der Waals surface area contributed by atoms with E-state index in [2.05, 4.69) is 22.3 Å². The van der Waals surface area contributed by atoms with Gasteiger partial charge in [0.25, 0.3) is 0 Å². The Morgan fingerprint density at radius 2 is 2.09 bits per heavy atom. The highest BCUT2D eigenvalue weighted by molar-refractivity contribution is 5.88. The molecule has 3 atom stereocenters. The van der Waals surface area contributed by atoms with Crippen LogP contribution in [0.1, 0.15) is 39.0 Å². The van der Waals surface area contributed by atoms with E-state index in [1.807, 2.05) is 0 Å². The molecule has 130 valence electrons. The van der Waals surface area contributed by atoms with Crippen LogP contribution in [0.3, 0.4) is 0 Å². The second-order valence-electron chi connectivity index (χ2n) is 6.49. The first-order valence-electron chi connectivity index (χ1n) is 8.39. The van der Waals surface area contributed by atoms with Crippen LogP contribution in [-0.2, 0) is 19.1 Å². The molecule has 2 aliphatic rings. The Morgan fingerprint density at radius 1 is 1.35 bits per heavy atom. The molecule has 0 aromatic carbocycles. The second-order valence-corrected chi connectivity index (χ2v) is 6.49. The van der Waals surface area contributed by atoms with Gasteiger partial charge in [-0.1, -0.05) is 19.8 Å². The number of esters is 1. The number of carbonyl (C=O) groups excluding carboxylic acids is 3. The summed E-state index contributed by atoms with van der Waals surface area (Å²) in [6, 6.07) is -0.417. The van der Waals surface area contributed by atoms with Gasteiger partial charge in [0, 0.05) is 19.1 Å². The van der Waals surface area contributed by atoms with Crippen molar-refractivity contribution in [2.24, 2.45) is 5.92 Å². The number of nitrogens with one attached hydrogen (secondary N) is 2. The minimum Gasteiger partial charge on any atom is -0.469 e. The van der Waals surface area contributed by atoms with E-state index in [9.17, 15) is 14.4 Å². The molecular formula is C16H27N3O4. The Hall–Kier alpha value is -1.63. The molecule has 2 amide bonds. The van der Waals surface area contributed by atoms with Gasteiger partial charge in [0.15, 0.2) is 0 Å². The van der Waals surface area contributed by atoms with Crippen molar-refractivity contribution in [1.82, 2.24) is 15.5 Å². The molecule has 1 heterocycles. The Balaban J connectivity index is 1.91. The molecule has 0 unspecified atom stereocenters. The third-order valence-corrected chi connectivity index (χ3v) is 4.83. The van der Waals surface area contributed by atoms with E-state index in [0.29, 0.717) is 19.0 Å². The van der Waals surface area contributed by atoms with Crippen LogP contribution < -0.4 is 10.6 Å². The number of methoxy groups -OCH3 is 1. The fourth-order valence-electron chi connectivity index (χ4n) is 3.38. The van der Waals surface area contributed by atoms with Crippen molar-refractivity contribution >= 4 is 17.8 Å². The lowest BCUT2D eigenvalue weighted by Crippen LogP contribution is -2.58. The fourth-order valence-corrected chi connectivity index (χ4v) is 3.38. The first-order chi connectivity index (χ1) is 11.0. The summed E-state index contributed by atoms with van der Waals surface area (Å²) in [5.41, 5.74) is 0. The maximum Gasteiger partial charge on any atom is 0.307 e. The van der Waals surface area contributed by atoms with Gasteiger partial charge in [-0.05, 0) is 18.8 Å². The number of nitrogens with zero attached hydrogens (tertiary/aromatic N) is 1. The average Bonchev–Trinajstić information content (AvgIpc) is 2.52. The summed E-state index contributed by atoms with van der Waals surface area (Å²) in [5, 5.41) is 5.82. The Kier molecular flexibility index (Phi) is 6.38. The van der Waals surface area contributed by atoms with E-state index in [-0.39, 0.29) is 30.8 Å². The zero-order valence-electron chi connectivity index (χ0n) is 14.0. The Labute approximate surface area is 137 Å². The van der Waals surface area contributed by atoms with Crippen molar-refractivity contribution in [3.63, 3.8) is 0 Å². The van der Waals surface area contributed by atoms with Crippen LogP contribution in [0.15, 0.2) is 0 Å². The molecular weight excluding hydrogens is 298 g/mol. The lowest BCUT2D eigenvalue weighted by Gasteiger charge is -2.35. The summed E-state index contributed by atoms with van der Waals surface area (Å²) >= 11 is 0. The molecule has 0 aromatic heterocycles. The van der Waals surface area contributed by atoms with Gasteiger partial charge in [-0.2, -0.15) is 0 Å². The predicted molar refractivity (Wildman–Crippen MR) is 84.6 cm³/mol. The number of amides is 2. The summed E-state index contributed by atoms with van der Waals surface area (Å²) in [4.78, 5) is 37.6. The molecule has 0 aromatic rings. The summed E-state index contributed by atoms with van der Waals surface area (Å²) in [6.45, 7) is 3.35. The summed E-state index contributed by atoms with van der Waals surface area (Å²) in [6.07, 6.45) is 4.49. The molecule has 1 saturated carbocycles. The number of ether oxygens (including phenoxy) is 1. The topological polar surface area (TPSA) is 87.7 Å². The van der Waals surface area contributed by atoms with Crippen LogP contribution in [-0.4, -0.2) is 61.5 Å². The zero-order chi connectivity index (χ0) is 16.8. The lowest BCUT2D eigenvalue weighted by atomic mass is 9.86. The van der Waals surface area contributed by atoms with Crippen molar-refractivity contribution in [3.05, 3.63) is 0 Å². The molecule has 23 heavy (non-hydrogen) atoms. The molecule has 2 N–H and O–H groups in total. The lowest BCUT2D eigenvalue weighted by molar-refractivity contribution is -0.146. The molecule has 0 radical (unpaired) electrons. The third-order valence-electron chi connectivity index (χ3n) is 4.83. The molecule has 1 aliphatic carbocycles. The van der Waals surface area contributed by atoms with Crippen LogP contribution in [0.2, 0.25) is 0 Å². The zero-order valence-corrected chi connectivity index (χ0v) is 14.0. The number of rotatable bonds is 5. The molecule has 0 bridgehead atoms. The van der Waals surface area contributed by atoms with E-state index >= 15 is 0 Å². The first kappa shape index (κ1) is 17.7. The molecule has 2 rings (SSSR count). The van der Waals surface area contributed by atoms with Gasteiger partial charge < -0.3 is 15.4 Å². The van der Waals surface area contributed by atoms with E-state index in [4.69, 9.17) is 0 Å². The molecule has 1 aliphatic heterocycles. The van der Waals surface area contributed by atoms with Gasteiger partial charge >= 0.3 is 5.97 Å². The largest absolute Gasteiger partial charge is 0.469 e. The van der Waals surface area contributed by atoms with E-state index < -0.39 is 12.0 Å². The number of piperazine rings is 1. The minimum absolute atomic E-state index is 0.0323. The van der Waals surface area contributed by atoms with Crippen molar-refractivity contribution in [2.45, 2.75) is 51.1 Å². The van der Waals surface area contributed by atoms with Crippen LogP contribution in [0.25, 0.3) is 0 Å².